The number of rotatable bonds is 0. The lowest BCUT2D eigenvalue weighted by molar-refractivity contribution is 0.193. The summed E-state index contributed by atoms with van der Waals surface area (Å²) in [6.45, 7) is 2.99. The fraction of sp³-hybridized carbons (Fsp3) is 0.538. The van der Waals surface area contributed by atoms with E-state index in [9.17, 15) is 0 Å². The third kappa shape index (κ3) is 1.21. The molecule has 88 valence electrons. The Balaban J connectivity index is 1.93. The summed E-state index contributed by atoms with van der Waals surface area (Å²) in [4.78, 5) is 15.0. The topological polar surface area (TPSA) is 44.8 Å². The summed E-state index contributed by atoms with van der Waals surface area (Å²) < 4.78 is 0. The minimum atomic E-state index is 0.439. The Morgan fingerprint density at radius 2 is 2.24 bits per heavy atom. The first-order valence-corrected chi connectivity index (χ1v) is 6.22. The van der Waals surface area contributed by atoms with E-state index in [0.717, 1.165) is 29.8 Å². The molecule has 3 heterocycles. The molecule has 2 aromatic heterocycles. The van der Waals surface area contributed by atoms with Gasteiger partial charge in [-0.25, -0.2) is 4.98 Å². The number of aryl methyl sites for hydroxylation is 1. The number of fused-ring (bicyclic) bond motifs is 3. The zero-order chi connectivity index (χ0) is 11.6. The monoisotopic (exact) mass is 228 g/mol. The average Bonchev–Trinajstić information content (AvgIpc) is 2.98. The quantitative estimate of drug-likeness (QED) is 0.747. The first kappa shape index (κ1) is 9.59. The van der Waals surface area contributed by atoms with E-state index in [-0.39, 0.29) is 0 Å². The van der Waals surface area contributed by atoms with Crippen molar-refractivity contribution in [2.75, 3.05) is 7.05 Å². The van der Waals surface area contributed by atoms with Crippen molar-refractivity contribution >= 4 is 11.2 Å². The van der Waals surface area contributed by atoms with Crippen LogP contribution in [0.15, 0.2) is 6.20 Å². The molecule has 1 spiro atoms. The summed E-state index contributed by atoms with van der Waals surface area (Å²) in [7, 11) is 2.23. The largest absolute Gasteiger partial charge is 0.340 e. The molecule has 1 aliphatic heterocycles. The Bertz CT molecular complexity index is 609. The highest BCUT2D eigenvalue weighted by Crippen LogP contribution is 2.48. The molecule has 17 heavy (non-hydrogen) atoms. The second-order valence-corrected chi connectivity index (χ2v) is 5.55. The van der Waals surface area contributed by atoms with Gasteiger partial charge in [0.05, 0.1) is 5.69 Å². The van der Waals surface area contributed by atoms with Crippen LogP contribution >= 0.6 is 0 Å². The fourth-order valence-electron chi connectivity index (χ4n) is 3.04. The van der Waals surface area contributed by atoms with Crippen LogP contribution in [0.4, 0.5) is 0 Å². The highest BCUT2D eigenvalue weighted by Gasteiger charge is 2.49. The highest BCUT2D eigenvalue weighted by atomic mass is 15.2. The molecule has 0 bridgehead atoms. The van der Waals surface area contributed by atoms with Gasteiger partial charge in [0.25, 0.3) is 0 Å². The van der Waals surface area contributed by atoms with Gasteiger partial charge in [-0.15, -0.1) is 0 Å². The van der Waals surface area contributed by atoms with E-state index in [4.69, 9.17) is 0 Å². The van der Waals surface area contributed by atoms with Gasteiger partial charge in [0.2, 0.25) is 0 Å². The van der Waals surface area contributed by atoms with Gasteiger partial charge < -0.3 is 4.98 Å². The van der Waals surface area contributed by atoms with Crippen molar-refractivity contribution in [3.63, 3.8) is 0 Å². The fourth-order valence-corrected chi connectivity index (χ4v) is 3.04. The first-order valence-electron chi connectivity index (χ1n) is 6.22. The van der Waals surface area contributed by atoms with Gasteiger partial charge in [0.15, 0.2) is 5.65 Å². The van der Waals surface area contributed by atoms with Crippen molar-refractivity contribution in [2.24, 2.45) is 0 Å². The second-order valence-electron chi connectivity index (χ2n) is 5.55. The van der Waals surface area contributed by atoms with E-state index in [1.54, 1.807) is 0 Å². The minimum Gasteiger partial charge on any atom is -0.340 e. The van der Waals surface area contributed by atoms with E-state index in [1.165, 1.54) is 24.1 Å². The number of likely N-dealkylation sites (N-methyl/N-ethyl adjacent to an activating group) is 1. The van der Waals surface area contributed by atoms with Crippen LogP contribution in [0.3, 0.4) is 0 Å². The molecule has 1 saturated carbocycles. The maximum Gasteiger partial charge on any atom is 0.156 e. The molecule has 0 saturated heterocycles. The van der Waals surface area contributed by atoms with Crippen LogP contribution in [0, 0.1) is 6.92 Å². The summed E-state index contributed by atoms with van der Waals surface area (Å²) >= 11 is 0. The third-order valence-corrected chi connectivity index (χ3v) is 4.35. The summed E-state index contributed by atoms with van der Waals surface area (Å²) in [6, 6.07) is 0. The lowest BCUT2D eigenvalue weighted by Crippen LogP contribution is -2.39. The molecule has 2 aromatic rings. The van der Waals surface area contributed by atoms with Crippen molar-refractivity contribution in [2.45, 2.75) is 38.3 Å². The van der Waals surface area contributed by atoms with Crippen LogP contribution in [0.1, 0.15) is 29.8 Å². The number of aromatic nitrogens is 3. The number of hydrogen-bond donors (Lipinski definition) is 1. The average molecular weight is 228 g/mol. The predicted octanol–water partition coefficient (Wildman–Crippen LogP) is 1.79. The maximum atomic E-state index is 4.56. The molecule has 0 aromatic carbocycles. The maximum absolute atomic E-state index is 4.56. The van der Waals surface area contributed by atoms with Crippen LogP contribution in [0.5, 0.6) is 0 Å². The molecule has 0 radical (unpaired) electrons. The Labute approximate surface area is 100 Å². The lowest BCUT2D eigenvalue weighted by Gasteiger charge is -2.32. The van der Waals surface area contributed by atoms with Crippen LogP contribution < -0.4 is 0 Å². The predicted molar refractivity (Wildman–Crippen MR) is 65.8 cm³/mol. The van der Waals surface area contributed by atoms with Gasteiger partial charge in [0, 0.05) is 29.5 Å². The molecule has 1 N–H and O–H groups in total. The van der Waals surface area contributed by atoms with Crippen LogP contribution in [-0.4, -0.2) is 32.4 Å². The lowest BCUT2D eigenvalue weighted by atomic mass is 9.97. The number of H-pyrrole nitrogens is 1. The van der Waals surface area contributed by atoms with E-state index in [1.807, 2.05) is 13.1 Å². The minimum absolute atomic E-state index is 0.439. The van der Waals surface area contributed by atoms with E-state index >= 15 is 0 Å². The van der Waals surface area contributed by atoms with Gasteiger partial charge in [-0.05, 0) is 33.2 Å². The molecule has 1 fully saturated rings. The number of nitrogens with zero attached hydrogens (tertiary/aromatic N) is 3. The highest BCUT2D eigenvalue weighted by molar-refractivity contribution is 5.77. The van der Waals surface area contributed by atoms with Crippen LogP contribution in [-0.2, 0) is 13.0 Å². The van der Waals surface area contributed by atoms with Gasteiger partial charge in [0.1, 0.15) is 5.52 Å². The Hall–Kier alpha value is -1.42. The molecular formula is C13H16N4. The summed E-state index contributed by atoms with van der Waals surface area (Å²) in [5.41, 5.74) is 6.18. The third-order valence-electron chi connectivity index (χ3n) is 4.35. The summed E-state index contributed by atoms with van der Waals surface area (Å²) in [5, 5.41) is 0. The molecule has 0 amide bonds. The second kappa shape index (κ2) is 2.88. The van der Waals surface area contributed by atoms with Gasteiger partial charge in [-0.1, -0.05) is 0 Å². The Kier molecular flexibility index (Phi) is 1.62. The van der Waals surface area contributed by atoms with Crippen molar-refractivity contribution < 1.29 is 0 Å². The summed E-state index contributed by atoms with van der Waals surface area (Å²) in [6.07, 6.45) is 5.66. The Morgan fingerprint density at radius 3 is 3.00 bits per heavy atom. The van der Waals surface area contributed by atoms with Crippen molar-refractivity contribution in [1.82, 2.24) is 19.9 Å². The standard InChI is InChI=1S/C13H16N4/c1-8-6-14-11-9-5-13(3-4-13)17(2)7-10(9)16-12(11)15-8/h6H,3-5,7H2,1-2H3,(H,15,16). The Morgan fingerprint density at radius 1 is 1.41 bits per heavy atom. The van der Waals surface area contributed by atoms with Crippen molar-refractivity contribution in [3.05, 3.63) is 23.1 Å². The summed E-state index contributed by atoms with van der Waals surface area (Å²) in [5.74, 6) is 0. The molecule has 0 atom stereocenters. The number of aromatic amines is 1. The first-order chi connectivity index (χ1) is 8.18. The zero-order valence-corrected chi connectivity index (χ0v) is 10.2. The van der Waals surface area contributed by atoms with Gasteiger partial charge >= 0.3 is 0 Å². The molecular weight excluding hydrogens is 212 g/mol. The smallest absolute Gasteiger partial charge is 0.156 e. The molecule has 0 unspecified atom stereocenters. The normalized spacial score (nSPS) is 22.0. The van der Waals surface area contributed by atoms with Crippen LogP contribution in [0.2, 0.25) is 0 Å². The molecule has 4 rings (SSSR count). The molecule has 4 nitrogen and oxygen atoms in total. The van der Waals surface area contributed by atoms with E-state index in [2.05, 4.69) is 26.9 Å². The van der Waals surface area contributed by atoms with Gasteiger partial charge in [-0.2, -0.15) is 0 Å². The molecule has 4 heteroatoms. The number of nitrogens with one attached hydrogen (secondary N) is 1. The van der Waals surface area contributed by atoms with E-state index in [0.29, 0.717) is 5.54 Å². The number of hydrogen-bond acceptors (Lipinski definition) is 3. The van der Waals surface area contributed by atoms with Crippen molar-refractivity contribution in [1.29, 1.82) is 0 Å². The molecule has 2 aliphatic rings. The van der Waals surface area contributed by atoms with Crippen molar-refractivity contribution in [3.8, 4) is 0 Å². The molecule has 1 aliphatic carbocycles. The van der Waals surface area contributed by atoms with Crippen LogP contribution in [0.25, 0.3) is 11.2 Å². The van der Waals surface area contributed by atoms with E-state index < -0.39 is 0 Å². The SMILES string of the molecule is Cc1cnc2c3c([nH]c2n1)CN(C)C1(CC1)C3. The van der Waals surface area contributed by atoms with Gasteiger partial charge in [-0.3, -0.25) is 9.88 Å². The zero-order valence-electron chi connectivity index (χ0n) is 10.2.